The number of benzene rings is 1. The maximum absolute atomic E-state index is 11.3. The van der Waals surface area contributed by atoms with Gasteiger partial charge >= 0.3 is 11.6 Å². The largest absolute Gasteiger partial charge is 0.479 e. The highest BCUT2D eigenvalue weighted by atomic mass is 16.5. The van der Waals surface area contributed by atoms with E-state index >= 15 is 0 Å². The molecule has 100 valence electrons. The third-order valence-corrected chi connectivity index (χ3v) is 2.90. The van der Waals surface area contributed by atoms with E-state index in [1.165, 1.54) is 13.0 Å². The number of aliphatic carboxylic acids is 1. The topological polar surface area (TPSA) is 76.7 Å². The zero-order chi connectivity index (χ0) is 14.2. The predicted octanol–water partition coefficient (Wildman–Crippen LogP) is 2.26. The zero-order valence-corrected chi connectivity index (χ0v) is 10.9. The number of carbonyl (C=O) groups is 1. The van der Waals surface area contributed by atoms with E-state index in [0.717, 1.165) is 10.9 Å². The molecule has 2 aromatic rings. The van der Waals surface area contributed by atoms with Gasteiger partial charge in [-0.2, -0.15) is 0 Å². The summed E-state index contributed by atoms with van der Waals surface area (Å²) in [5.74, 6) is -0.560. The number of carboxylic acids is 1. The van der Waals surface area contributed by atoms with Gasteiger partial charge in [-0.15, -0.1) is 0 Å². The second kappa shape index (κ2) is 4.76. The van der Waals surface area contributed by atoms with Gasteiger partial charge in [0.05, 0.1) is 0 Å². The Balaban J connectivity index is 2.55. The van der Waals surface area contributed by atoms with Crippen molar-refractivity contribution in [1.82, 2.24) is 0 Å². The molecule has 0 aliphatic heterocycles. The van der Waals surface area contributed by atoms with Crippen molar-refractivity contribution in [3.8, 4) is 5.75 Å². The molecule has 0 amide bonds. The van der Waals surface area contributed by atoms with Gasteiger partial charge in [-0.1, -0.05) is 0 Å². The van der Waals surface area contributed by atoms with Crippen molar-refractivity contribution in [1.29, 1.82) is 0 Å². The Morgan fingerprint density at radius 1 is 1.26 bits per heavy atom. The Bertz CT molecular complexity index is 699. The van der Waals surface area contributed by atoms with Crippen molar-refractivity contribution in [3.63, 3.8) is 0 Å². The van der Waals surface area contributed by atoms with Crippen LogP contribution in [-0.4, -0.2) is 17.2 Å². The minimum Gasteiger partial charge on any atom is -0.479 e. The van der Waals surface area contributed by atoms with Crippen LogP contribution in [0.1, 0.15) is 18.1 Å². The third-order valence-electron chi connectivity index (χ3n) is 2.90. The fourth-order valence-electron chi connectivity index (χ4n) is 1.81. The van der Waals surface area contributed by atoms with Crippen molar-refractivity contribution in [2.24, 2.45) is 0 Å². The SMILES string of the molecule is Cc1cc2oc(=O)cc(C)c2cc1O[C@H](C)C(=O)O. The molecule has 5 nitrogen and oxygen atoms in total. The van der Waals surface area contributed by atoms with E-state index in [2.05, 4.69) is 0 Å². The average Bonchev–Trinajstić information content (AvgIpc) is 2.30. The van der Waals surface area contributed by atoms with Crippen molar-refractivity contribution in [3.05, 3.63) is 39.7 Å². The summed E-state index contributed by atoms with van der Waals surface area (Å²) in [4.78, 5) is 22.1. The summed E-state index contributed by atoms with van der Waals surface area (Å²) >= 11 is 0. The molecular weight excluding hydrogens is 248 g/mol. The van der Waals surface area contributed by atoms with Gasteiger partial charge in [0, 0.05) is 11.5 Å². The lowest BCUT2D eigenvalue weighted by Crippen LogP contribution is -2.23. The molecule has 0 bridgehead atoms. The molecule has 1 heterocycles. The summed E-state index contributed by atoms with van der Waals surface area (Å²) in [7, 11) is 0. The normalized spacial score (nSPS) is 12.4. The third kappa shape index (κ3) is 2.59. The van der Waals surface area contributed by atoms with Crippen LogP contribution >= 0.6 is 0 Å². The van der Waals surface area contributed by atoms with E-state index in [1.807, 2.05) is 0 Å². The van der Waals surface area contributed by atoms with Crippen LogP contribution in [0.15, 0.2) is 27.4 Å². The lowest BCUT2D eigenvalue weighted by Gasteiger charge is -2.13. The van der Waals surface area contributed by atoms with Crippen molar-refractivity contribution in [2.45, 2.75) is 26.9 Å². The van der Waals surface area contributed by atoms with Gasteiger partial charge in [0.2, 0.25) is 0 Å². The lowest BCUT2D eigenvalue weighted by molar-refractivity contribution is -0.144. The van der Waals surface area contributed by atoms with Gasteiger partial charge in [-0.25, -0.2) is 9.59 Å². The van der Waals surface area contributed by atoms with Crippen LogP contribution in [0.4, 0.5) is 0 Å². The highest BCUT2D eigenvalue weighted by Gasteiger charge is 2.15. The molecular formula is C14H14O5. The number of rotatable bonds is 3. The molecule has 0 unspecified atom stereocenters. The highest BCUT2D eigenvalue weighted by Crippen LogP contribution is 2.27. The van der Waals surface area contributed by atoms with Crippen LogP contribution in [0, 0.1) is 13.8 Å². The van der Waals surface area contributed by atoms with Crippen molar-refractivity contribution < 1.29 is 19.1 Å². The molecule has 19 heavy (non-hydrogen) atoms. The molecule has 0 saturated heterocycles. The van der Waals surface area contributed by atoms with Gasteiger partial charge < -0.3 is 14.3 Å². The molecule has 0 spiro atoms. The number of fused-ring (bicyclic) bond motifs is 1. The summed E-state index contributed by atoms with van der Waals surface area (Å²) in [6.07, 6.45) is -0.938. The first-order valence-electron chi connectivity index (χ1n) is 5.83. The number of carboxylic acid groups (broad SMARTS) is 1. The van der Waals surface area contributed by atoms with Crippen LogP contribution < -0.4 is 10.4 Å². The summed E-state index contributed by atoms with van der Waals surface area (Å²) in [6.45, 7) is 5.02. The molecule has 0 saturated carbocycles. The minimum atomic E-state index is -1.03. The maximum atomic E-state index is 11.3. The first-order valence-corrected chi connectivity index (χ1v) is 5.83. The van der Waals surface area contributed by atoms with Crippen LogP contribution in [-0.2, 0) is 4.79 Å². The van der Waals surface area contributed by atoms with Crippen LogP contribution in [0.3, 0.4) is 0 Å². The van der Waals surface area contributed by atoms with E-state index < -0.39 is 17.7 Å². The fourth-order valence-corrected chi connectivity index (χ4v) is 1.81. The first-order chi connectivity index (χ1) is 8.88. The zero-order valence-electron chi connectivity index (χ0n) is 10.9. The Morgan fingerprint density at radius 2 is 1.95 bits per heavy atom. The molecule has 1 aromatic carbocycles. The van der Waals surface area contributed by atoms with Gasteiger partial charge in [-0.05, 0) is 44.0 Å². The highest BCUT2D eigenvalue weighted by molar-refractivity contribution is 5.83. The number of hydrogen-bond acceptors (Lipinski definition) is 4. The van der Waals surface area contributed by atoms with E-state index in [-0.39, 0.29) is 0 Å². The van der Waals surface area contributed by atoms with E-state index in [9.17, 15) is 9.59 Å². The van der Waals surface area contributed by atoms with Gasteiger partial charge in [-0.3, -0.25) is 0 Å². The molecule has 1 atom stereocenters. The first kappa shape index (κ1) is 13.1. The van der Waals surface area contributed by atoms with Crippen LogP contribution in [0.25, 0.3) is 11.0 Å². The molecule has 0 aliphatic rings. The quantitative estimate of drug-likeness (QED) is 0.858. The van der Waals surface area contributed by atoms with Gasteiger partial charge in [0.1, 0.15) is 11.3 Å². The summed E-state index contributed by atoms with van der Waals surface area (Å²) in [5.41, 5.74) is 1.54. The van der Waals surface area contributed by atoms with Crippen LogP contribution in [0.2, 0.25) is 0 Å². The van der Waals surface area contributed by atoms with E-state index in [1.54, 1.807) is 26.0 Å². The van der Waals surface area contributed by atoms with Crippen LogP contribution in [0.5, 0.6) is 5.75 Å². The standard InChI is InChI=1S/C14H14O5/c1-7-5-13(15)19-12-4-8(2)11(6-10(7)12)18-9(3)14(16)17/h4-6,9H,1-3H3,(H,16,17)/t9-/m1/s1. The van der Waals surface area contributed by atoms with E-state index in [0.29, 0.717) is 16.9 Å². The summed E-state index contributed by atoms with van der Waals surface area (Å²) in [5, 5.41) is 9.59. The molecule has 1 N–H and O–H groups in total. The second-order valence-corrected chi connectivity index (χ2v) is 4.46. The number of hydrogen-bond donors (Lipinski definition) is 1. The number of aryl methyl sites for hydroxylation is 2. The molecule has 0 fully saturated rings. The predicted molar refractivity (Wildman–Crippen MR) is 69.7 cm³/mol. The number of ether oxygens (including phenoxy) is 1. The Hall–Kier alpha value is -2.30. The smallest absolute Gasteiger partial charge is 0.344 e. The van der Waals surface area contributed by atoms with Gasteiger partial charge in [0.15, 0.2) is 6.10 Å². The molecule has 0 radical (unpaired) electrons. The fraction of sp³-hybridized carbons (Fsp3) is 0.286. The molecule has 1 aromatic heterocycles. The molecule has 2 rings (SSSR count). The maximum Gasteiger partial charge on any atom is 0.344 e. The van der Waals surface area contributed by atoms with Gasteiger partial charge in [0.25, 0.3) is 0 Å². The second-order valence-electron chi connectivity index (χ2n) is 4.46. The Kier molecular flexibility index (Phi) is 3.29. The monoisotopic (exact) mass is 262 g/mol. The Labute approximate surface area is 109 Å². The molecule has 0 aliphatic carbocycles. The average molecular weight is 262 g/mol. The van der Waals surface area contributed by atoms with E-state index in [4.69, 9.17) is 14.3 Å². The summed E-state index contributed by atoms with van der Waals surface area (Å²) in [6, 6.07) is 4.76. The van der Waals surface area contributed by atoms with Crippen molar-refractivity contribution >= 4 is 16.9 Å². The minimum absolute atomic E-state index is 0.406. The lowest BCUT2D eigenvalue weighted by atomic mass is 10.1. The molecule has 5 heteroatoms. The van der Waals surface area contributed by atoms with Crippen molar-refractivity contribution in [2.75, 3.05) is 0 Å². The summed E-state index contributed by atoms with van der Waals surface area (Å²) < 4.78 is 10.5. The Morgan fingerprint density at radius 3 is 2.58 bits per heavy atom.